The van der Waals surface area contributed by atoms with E-state index in [2.05, 4.69) is 25.6 Å². The molecular formula is C17H17N5O3. The quantitative estimate of drug-likeness (QED) is 0.804. The minimum atomic E-state index is -1.42. The van der Waals surface area contributed by atoms with Crippen LogP contribution in [0.1, 0.15) is 11.1 Å². The van der Waals surface area contributed by atoms with E-state index in [0.29, 0.717) is 0 Å². The van der Waals surface area contributed by atoms with Gasteiger partial charge in [0.25, 0.3) is 0 Å². The number of allylic oxidation sites excluding steroid dienone is 1. The highest BCUT2D eigenvalue weighted by Crippen LogP contribution is 2.16. The van der Waals surface area contributed by atoms with Crippen molar-refractivity contribution in [2.75, 3.05) is 7.11 Å². The van der Waals surface area contributed by atoms with E-state index in [1.165, 1.54) is 13.4 Å². The zero-order valence-corrected chi connectivity index (χ0v) is 13.5. The molecule has 0 spiro atoms. The van der Waals surface area contributed by atoms with Crippen LogP contribution in [-0.2, 0) is 16.1 Å². The third kappa shape index (κ3) is 4.18. The number of amides is 1. The molecule has 0 bridgehead atoms. The predicted molar refractivity (Wildman–Crippen MR) is 91.1 cm³/mol. The minimum absolute atomic E-state index is 0.151. The number of benzene rings is 1. The summed E-state index contributed by atoms with van der Waals surface area (Å²) >= 11 is 0. The van der Waals surface area contributed by atoms with Gasteiger partial charge in [-0.25, -0.2) is 19.8 Å². The molecule has 1 atom stereocenters. The molecule has 2 aromatic rings. The van der Waals surface area contributed by atoms with Gasteiger partial charge in [0, 0.05) is 43.1 Å². The van der Waals surface area contributed by atoms with Crippen LogP contribution in [-0.4, -0.2) is 35.4 Å². The molecule has 25 heavy (non-hydrogen) atoms. The number of aromatic nitrogens is 2. The van der Waals surface area contributed by atoms with Gasteiger partial charge in [0.1, 0.15) is 12.9 Å². The number of carbonyl (C=O) groups excluding carboxylic acids is 1. The van der Waals surface area contributed by atoms with Crippen molar-refractivity contribution in [2.45, 2.75) is 12.6 Å². The van der Waals surface area contributed by atoms with E-state index in [1.807, 2.05) is 30.3 Å². The molecule has 1 aromatic heterocycles. The molecule has 8 heteroatoms. The van der Waals surface area contributed by atoms with E-state index < -0.39 is 12.1 Å². The first-order chi connectivity index (χ1) is 12.2. The standard InChI is InChI=1S/C17H17N5O3/c1-24-17(22-16(23)25-11-13-5-3-2-4-6-13)20-9-15(10-21-17)14-7-18-12-19-8-14/h2-10,12,20H,11H2,1H3,(H,22,23). The number of hydrogen-bond acceptors (Lipinski definition) is 7. The number of methoxy groups -OCH3 is 1. The molecule has 0 aliphatic carbocycles. The summed E-state index contributed by atoms with van der Waals surface area (Å²) < 4.78 is 10.5. The summed E-state index contributed by atoms with van der Waals surface area (Å²) in [6, 6.07) is 9.38. The van der Waals surface area contributed by atoms with Crippen LogP contribution in [0.3, 0.4) is 0 Å². The monoisotopic (exact) mass is 339 g/mol. The van der Waals surface area contributed by atoms with E-state index in [9.17, 15) is 4.79 Å². The Balaban J connectivity index is 1.60. The number of hydrogen-bond donors (Lipinski definition) is 2. The van der Waals surface area contributed by atoms with Crippen molar-refractivity contribution in [1.29, 1.82) is 0 Å². The summed E-state index contributed by atoms with van der Waals surface area (Å²) in [7, 11) is 1.42. The first kappa shape index (κ1) is 16.6. The lowest BCUT2D eigenvalue weighted by atomic mass is 10.1. The molecular weight excluding hydrogens is 322 g/mol. The molecule has 0 radical (unpaired) electrons. The molecule has 1 amide bonds. The topological polar surface area (TPSA) is 97.7 Å². The van der Waals surface area contributed by atoms with Gasteiger partial charge in [-0.05, 0) is 5.56 Å². The third-order valence-electron chi connectivity index (χ3n) is 3.48. The predicted octanol–water partition coefficient (Wildman–Crippen LogP) is 1.68. The first-order valence-electron chi connectivity index (χ1n) is 7.53. The first-order valence-corrected chi connectivity index (χ1v) is 7.53. The Bertz CT molecular complexity index is 779. The molecule has 0 saturated carbocycles. The Labute approximate surface area is 144 Å². The highest BCUT2D eigenvalue weighted by Gasteiger charge is 2.32. The van der Waals surface area contributed by atoms with Crippen LogP contribution in [0, 0.1) is 0 Å². The fraction of sp³-hybridized carbons (Fsp3) is 0.176. The van der Waals surface area contributed by atoms with Crippen LogP contribution in [0.25, 0.3) is 5.57 Å². The summed E-state index contributed by atoms with van der Waals surface area (Å²) in [5, 5.41) is 5.47. The van der Waals surface area contributed by atoms with E-state index in [0.717, 1.165) is 16.7 Å². The number of ether oxygens (including phenoxy) is 2. The number of alkyl carbamates (subject to hydrolysis) is 1. The second-order valence-corrected chi connectivity index (χ2v) is 5.16. The number of nitrogens with one attached hydrogen (secondary N) is 2. The van der Waals surface area contributed by atoms with Crippen LogP contribution < -0.4 is 10.6 Å². The molecule has 1 aromatic carbocycles. The summed E-state index contributed by atoms with van der Waals surface area (Å²) in [6.07, 6.45) is 7.33. The molecule has 8 nitrogen and oxygen atoms in total. The lowest BCUT2D eigenvalue weighted by Gasteiger charge is -2.31. The maximum atomic E-state index is 12.0. The van der Waals surface area contributed by atoms with E-state index in [4.69, 9.17) is 9.47 Å². The molecule has 0 saturated heterocycles. The van der Waals surface area contributed by atoms with Crippen LogP contribution in [0.5, 0.6) is 0 Å². The molecule has 3 rings (SSSR count). The molecule has 1 unspecified atom stereocenters. The number of rotatable bonds is 5. The van der Waals surface area contributed by atoms with Crippen LogP contribution in [0.2, 0.25) is 0 Å². The average molecular weight is 339 g/mol. The van der Waals surface area contributed by atoms with Crippen molar-refractivity contribution in [2.24, 2.45) is 4.99 Å². The zero-order chi connectivity index (χ0) is 17.5. The van der Waals surface area contributed by atoms with E-state index in [-0.39, 0.29) is 6.61 Å². The normalized spacial score (nSPS) is 18.8. The SMILES string of the molecule is COC1(NC(=O)OCc2ccccc2)N=CC(c2cncnc2)=CN1. The van der Waals surface area contributed by atoms with Gasteiger partial charge in [0.15, 0.2) is 0 Å². The summed E-state index contributed by atoms with van der Waals surface area (Å²) in [4.78, 5) is 24.2. The fourth-order valence-corrected chi connectivity index (χ4v) is 2.15. The Hall–Kier alpha value is -3.26. The maximum absolute atomic E-state index is 12.0. The maximum Gasteiger partial charge on any atom is 0.412 e. The Kier molecular flexibility index (Phi) is 5.00. The number of carbonyl (C=O) groups is 1. The molecule has 0 fully saturated rings. The van der Waals surface area contributed by atoms with Crippen LogP contribution >= 0.6 is 0 Å². The molecule has 1 aliphatic rings. The van der Waals surface area contributed by atoms with Gasteiger partial charge >= 0.3 is 12.1 Å². The highest BCUT2D eigenvalue weighted by atomic mass is 16.6. The van der Waals surface area contributed by atoms with Crippen LogP contribution in [0.4, 0.5) is 4.79 Å². The average Bonchev–Trinajstić information content (AvgIpc) is 2.68. The summed E-state index contributed by atoms with van der Waals surface area (Å²) in [6.45, 7) is 0.151. The lowest BCUT2D eigenvalue weighted by Crippen LogP contribution is -2.58. The van der Waals surface area contributed by atoms with Crippen molar-refractivity contribution in [3.8, 4) is 0 Å². The third-order valence-corrected chi connectivity index (χ3v) is 3.48. The van der Waals surface area contributed by atoms with Crippen molar-refractivity contribution < 1.29 is 14.3 Å². The van der Waals surface area contributed by atoms with Crippen molar-refractivity contribution >= 4 is 17.9 Å². The Morgan fingerprint density at radius 3 is 2.64 bits per heavy atom. The second-order valence-electron chi connectivity index (χ2n) is 5.16. The van der Waals surface area contributed by atoms with Gasteiger partial charge in [-0.3, -0.25) is 5.32 Å². The van der Waals surface area contributed by atoms with E-state index >= 15 is 0 Å². The van der Waals surface area contributed by atoms with Gasteiger partial charge in [-0.15, -0.1) is 0 Å². The molecule has 128 valence electrons. The lowest BCUT2D eigenvalue weighted by molar-refractivity contribution is -0.0477. The minimum Gasteiger partial charge on any atom is -0.445 e. The van der Waals surface area contributed by atoms with Gasteiger partial charge in [-0.1, -0.05) is 30.3 Å². The van der Waals surface area contributed by atoms with E-state index in [1.54, 1.807) is 24.8 Å². The van der Waals surface area contributed by atoms with Gasteiger partial charge in [0.2, 0.25) is 0 Å². The van der Waals surface area contributed by atoms with Crippen molar-refractivity contribution in [1.82, 2.24) is 20.6 Å². The summed E-state index contributed by atoms with van der Waals surface area (Å²) in [5.74, 6) is -1.42. The fourth-order valence-electron chi connectivity index (χ4n) is 2.15. The largest absolute Gasteiger partial charge is 0.445 e. The van der Waals surface area contributed by atoms with Crippen molar-refractivity contribution in [3.05, 3.63) is 66.4 Å². The Morgan fingerprint density at radius 1 is 1.24 bits per heavy atom. The highest BCUT2D eigenvalue weighted by molar-refractivity contribution is 6.10. The number of nitrogens with zero attached hydrogens (tertiary/aromatic N) is 3. The zero-order valence-electron chi connectivity index (χ0n) is 13.5. The van der Waals surface area contributed by atoms with Gasteiger partial charge in [-0.2, -0.15) is 0 Å². The summed E-state index contributed by atoms with van der Waals surface area (Å²) in [5.41, 5.74) is 2.43. The van der Waals surface area contributed by atoms with Gasteiger partial charge < -0.3 is 14.8 Å². The Morgan fingerprint density at radius 2 is 2.00 bits per heavy atom. The van der Waals surface area contributed by atoms with Crippen molar-refractivity contribution in [3.63, 3.8) is 0 Å². The molecule has 2 N–H and O–H groups in total. The molecule has 2 heterocycles. The van der Waals surface area contributed by atoms with Crippen LogP contribution in [0.15, 0.2) is 60.2 Å². The molecule has 1 aliphatic heterocycles. The number of aliphatic imine (C=N–C) groups is 1. The smallest absolute Gasteiger partial charge is 0.412 e. The second kappa shape index (κ2) is 7.54. The van der Waals surface area contributed by atoms with Gasteiger partial charge in [0.05, 0.1) is 0 Å².